The zero-order chi connectivity index (χ0) is 18.7. The molecule has 2 heterocycles. The molecule has 0 saturated carbocycles. The van der Waals surface area contributed by atoms with Gasteiger partial charge in [0.1, 0.15) is 11.6 Å². The van der Waals surface area contributed by atoms with Gasteiger partial charge in [0.15, 0.2) is 0 Å². The molecular formula is C19H25FN4OS. The molecule has 0 radical (unpaired) electrons. The molecule has 3 rings (SSSR count). The first-order chi connectivity index (χ1) is 12.3. The summed E-state index contributed by atoms with van der Waals surface area (Å²) >= 11 is 1.39. The Labute approximate surface area is 158 Å². The first-order valence-corrected chi connectivity index (χ1v) is 9.67. The molecule has 26 heavy (non-hydrogen) atoms. The maximum Gasteiger partial charge on any atom is 0.223 e. The van der Waals surface area contributed by atoms with Crippen LogP contribution in [-0.4, -0.2) is 46.3 Å². The summed E-state index contributed by atoms with van der Waals surface area (Å²) in [5, 5.41) is 0.894. The third-order valence-electron chi connectivity index (χ3n) is 4.32. The van der Waals surface area contributed by atoms with Gasteiger partial charge in [-0.3, -0.25) is 4.79 Å². The Morgan fingerprint density at radius 2 is 1.81 bits per heavy atom. The summed E-state index contributed by atoms with van der Waals surface area (Å²) in [6.45, 7) is 9.27. The van der Waals surface area contributed by atoms with Gasteiger partial charge in [-0.1, -0.05) is 32.9 Å². The highest BCUT2D eigenvalue weighted by atomic mass is 32.1. The Hall–Kier alpha value is -2.02. The highest BCUT2D eigenvalue weighted by molar-refractivity contribution is 7.09. The number of hydrogen-bond acceptors (Lipinski definition) is 5. The summed E-state index contributed by atoms with van der Waals surface area (Å²) in [4.78, 5) is 21.1. The molecule has 0 atom stereocenters. The second-order valence-corrected chi connectivity index (χ2v) is 8.63. The minimum atomic E-state index is -0.237. The summed E-state index contributed by atoms with van der Waals surface area (Å²) in [6, 6.07) is 6.43. The van der Waals surface area contributed by atoms with Gasteiger partial charge in [0.2, 0.25) is 11.0 Å². The third kappa shape index (κ3) is 5.00. The molecule has 1 fully saturated rings. The van der Waals surface area contributed by atoms with E-state index >= 15 is 0 Å². The number of benzene rings is 1. The molecule has 0 N–H and O–H groups in total. The number of piperazine rings is 1. The lowest BCUT2D eigenvalue weighted by atomic mass is 9.91. The zero-order valence-electron chi connectivity index (χ0n) is 15.5. The molecule has 1 aliphatic rings. The van der Waals surface area contributed by atoms with Crippen molar-refractivity contribution in [2.75, 3.05) is 31.1 Å². The Bertz CT molecular complexity index is 746. The number of aromatic nitrogens is 2. The van der Waals surface area contributed by atoms with Crippen LogP contribution in [0.3, 0.4) is 0 Å². The second kappa shape index (κ2) is 7.70. The van der Waals surface area contributed by atoms with E-state index in [1.807, 2.05) is 4.90 Å². The highest BCUT2D eigenvalue weighted by Crippen LogP contribution is 2.23. The maximum atomic E-state index is 13.0. The molecule has 0 aliphatic carbocycles. The van der Waals surface area contributed by atoms with E-state index < -0.39 is 0 Å². The van der Waals surface area contributed by atoms with E-state index in [0.717, 1.165) is 42.7 Å². The average molecular weight is 377 g/mol. The first-order valence-electron chi connectivity index (χ1n) is 8.90. The Kier molecular flexibility index (Phi) is 5.55. The van der Waals surface area contributed by atoms with Crippen molar-refractivity contribution in [3.8, 4) is 0 Å². The predicted octanol–water partition coefficient (Wildman–Crippen LogP) is 3.35. The van der Waals surface area contributed by atoms with Crippen LogP contribution in [0.2, 0.25) is 0 Å². The molecular weight excluding hydrogens is 351 g/mol. The minimum Gasteiger partial charge on any atom is -0.343 e. The van der Waals surface area contributed by atoms with Crippen molar-refractivity contribution in [1.29, 1.82) is 0 Å². The number of carbonyl (C=O) groups is 1. The fourth-order valence-electron chi connectivity index (χ4n) is 2.94. The van der Waals surface area contributed by atoms with Gasteiger partial charge in [0.25, 0.3) is 0 Å². The van der Waals surface area contributed by atoms with Crippen molar-refractivity contribution in [2.45, 2.75) is 33.6 Å². The van der Waals surface area contributed by atoms with Gasteiger partial charge in [-0.05, 0) is 23.1 Å². The van der Waals surface area contributed by atoms with Gasteiger partial charge in [0, 0.05) is 50.6 Å². The number of anilines is 1. The van der Waals surface area contributed by atoms with Crippen LogP contribution >= 0.6 is 11.5 Å². The van der Waals surface area contributed by atoms with Crippen LogP contribution in [0, 0.1) is 11.2 Å². The molecule has 5 nitrogen and oxygen atoms in total. The van der Waals surface area contributed by atoms with E-state index in [2.05, 4.69) is 35.0 Å². The van der Waals surface area contributed by atoms with Gasteiger partial charge in [-0.25, -0.2) is 9.37 Å². The lowest BCUT2D eigenvalue weighted by Gasteiger charge is -2.35. The Morgan fingerprint density at radius 3 is 2.42 bits per heavy atom. The van der Waals surface area contributed by atoms with E-state index in [1.165, 1.54) is 23.7 Å². The number of nitrogens with zero attached hydrogens (tertiary/aromatic N) is 4. The van der Waals surface area contributed by atoms with Crippen molar-refractivity contribution in [2.24, 2.45) is 5.41 Å². The van der Waals surface area contributed by atoms with Crippen LogP contribution in [0.15, 0.2) is 24.3 Å². The number of amides is 1. The lowest BCUT2D eigenvalue weighted by Crippen LogP contribution is -2.49. The van der Waals surface area contributed by atoms with Crippen LogP contribution in [0.5, 0.6) is 0 Å². The van der Waals surface area contributed by atoms with Gasteiger partial charge in [-0.15, -0.1) is 0 Å². The summed E-state index contributed by atoms with van der Waals surface area (Å²) in [5.74, 6) is 0.744. The van der Waals surface area contributed by atoms with E-state index in [4.69, 9.17) is 0 Å². The van der Waals surface area contributed by atoms with E-state index in [9.17, 15) is 9.18 Å². The summed E-state index contributed by atoms with van der Waals surface area (Å²) in [5.41, 5.74) is 1.01. The lowest BCUT2D eigenvalue weighted by molar-refractivity contribution is -0.133. The standard InChI is InChI=1S/C19H25FN4OS/c1-19(2,3)13-17(25)23-8-10-24(11-9-23)18-21-16(22-26-18)12-14-4-6-15(20)7-5-14/h4-7H,8-13H2,1-3H3. The molecule has 1 aromatic heterocycles. The van der Waals surface area contributed by atoms with Gasteiger partial charge < -0.3 is 9.80 Å². The summed E-state index contributed by atoms with van der Waals surface area (Å²) in [6.07, 6.45) is 1.18. The number of rotatable bonds is 4. The molecule has 140 valence electrons. The third-order valence-corrected chi connectivity index (χ3v) is 5.13. The predicted molar refractivity (Wildman–Crippen MR) is 102 cm³/mol. The van der Waals surface area contributed by atoms with Crippen LogP contribution in [0.4, 0.5) is 9.52 Å². The molecule has 1 aliphatic heterocycles. The van der Waals surface area contributed by atoms with Gasteiger partial charge in [0.05, 0.1) is 0 Å². The van der Waals surface area contributed by atoms with E-state index in [-0.39, 0.29) is 17.1 Å². The largest absolute Gasteiger partial charge is 0.343 e. The molecule has 0 unspecified atom stereocenters. The van der Waals surface area contributed by atoms with E-state index in [1.54, 1.807) is 12.1 Å². The van der Waals surface area contributed by atoms with Crippen LogP contribution in [-0.2, 0) is 11.2 Å². The molecule has 0 spiro atoms. The molecule has 1 saturated heterocycles. The molecule has 0 bridgehead atoms. The van der Waals surface area contributed by atoms with Crippen LogP contribution < -0.4 is 4.90 Å². The van der Waals surface area contributed by atoms with Crippen molar-refractivity contribution in [3.05, 3.63) is 41.5 Å². The molecule has 2 aromatic rings. The zero-order valence-corrected chi connectivity index (χ0v) is 16.4. The second-order valence-electron chi connectivity index (χ2n) is 7.90. The van der Waals surface area contributed by atoms with Gasteiger partial charge in [-0.2, -0.15) is 4.37 Å². The molecule has 1 aromatic carbocycles. The number of halogens is 1. The topological polar surface area (TPSA) is 49.3 Å². The fourth-order valence-corrected chi connectivity index (χ4v) is 3.68. The van der Waals surface area contributed by atoms with E-state index in [0.29, 0.717) is 12.8 Å². The van der Waals surface area contributed by atoms with Crippen LogP contribution in [0.1, 0.15) is 38.6 Å². The normalized spacial score (nSPS) is 15.4. The Balaban J connectivity index is 1.54. The van der Waals surface area contributed by atoms with Crippen molar-refractivity contribution >= 4 is 22.6 Å². The van der Waals surface area contributed by atoms with Crippen molar-refractivity contribution < 1.29 is 9.18 Å². The van der Waals surface area contributed by atoms with Gasteiger partial charge >= 0.3 is 0 Å². The molecule has 7 heteroatoms. The molecule has 1 amide bonds. The monoisotopic (exact) mass is 376 g/mol. The van der Waals surface area contributed by atoms with Crippen LogP contribution in [0.25, 0.3) is 0 Å². The summed E-state index contributed by atoms with van der Waals surface area (Å²) in [7, 11) is 0. The minimum absolute atomic E-state index is 0.0166. The fraction of sp³-hybridized carbons (Fsp3) is 0.526. The SMILES string of the molecule is CC(C)(C)CC(=O)N1CCN(c2nc(Cc3ccc(F)cc3)ns2)CC1. The van der Waals surface area contributed by atoms with Crippen molar-refractivity contribution in [3.63, 3.8) is 0 Å². The quantitative estimate of drug-likeness (QED) is 0.821. The Morgan fingerprint density at radius 1 is 1.15 bits per heavy atom. The maximum absolute atomic E-state index is 13.0. The van der Waals surface area contributed by atoms with Crippen molar-refractivity contribution in [1.82, 2.24) is 14.3 Å². The highest BCUT2D eigenvalue weighted by Gasteiger charge is 2.26. The average Bonchev–Trinajstić information content (AvgIpc) is 3.04. The smallest absolute Gasteiger partial charge is 0.223 e. The number of hydrogen-bond donors (Lipinski definition) is 0. The first kappa shape index (κ1) is 18.8. The number of carbonyl (C=O) groups excluding carboxylic acids is 1. The summed E-state index contributed by atoms with van der Waals surface area (Å²) < 4.78 is 17.4.